The fraction of sp³-hybridized carbons (Fsp3) is 1.00. The van der Waals surface area contributed by atoms with Gasteiger partial charge in [0.05, 0.1) is 0 Å². The van der Waals surface area contributed by atoms with Crippen LogP contribution in [0.25, 0.3) is 0 Å². The highest BCUT2D eigenvalue weighted by Crippen LogP contribution is 2.23. The summed E-state index contributed by atoms with van der Waals surface area (Å²) in [5.74, 6) is 0. The van der Waals surface area contributed by atoms with Crippen molar-refractivity contribution in [1.82, 2.24) is 4.90 Å². The minimum atomic E-state index is -1.50. The summed E-state index contributed by atoms with van der Waals surface area (Å²) in [6, 6.07) is 3.61. The van der Waals surface area contributed by atoms with Crippen molar-refractivity contribution >= 4 is 8.32 Å². The van der Waals surface area contributed by atoms with Crippen molar-refractivity contribution in [2.24, 2.45) is 0 Å². The molecule has 0 bridgehead atoms. The Hall–Kier alpha value is 0.0569. The van der Waals surface area contributed by atoms with E-state index in [1.54, 1.807) is 0 Å². The van der Waals surface area contributed by atoms with Gasteiger partial charge < -0.3 is 13.9 Å². The van der Waals surface area contributed by atoms with Crippen LogP contribution in [0.1, 0.15) is 48.0 Å². The zero-order valence-corrected chi connectivity index (χ0v) is 16.3. The summed E-state index contributed by atoms with van der Waals surface area (Å²) < 4.78 is 17.4. The molecule has 0 saturated heterocycles. The van der Waals surface area contributed by atoms with Gasteiger partial charge in [0.25, 0.3) is 0 Å². The first-order chi connectivity index (χ1) is 10.00. The van der Waals surface area contributed by atoms with Gasteiger partial charge in [-0.25, -0.2) is 0 Å². The van der Waals surface area contributed by atoms with Gasteiger partial charge in [-0.2, -0.15) is 0 Å². The first-order valence-electron chi connectivity index (χ1n) is 8.54. The van der Waals surface area contributed by atoms with Crippen LogP contribution < -0.4 is 0 Å². The van der Waals surface area contributed by atoms with Crippen molar-refractivity contribution in [3.05, 3.63) is 0 Å². The molecule has 0 spiro atoms. The van der Waals surface area contributed by atoms with Crippen LogP contribution in [0, 0.1) is 0 Å². The third-order valence-corrected chi connectivity index (χ3v) is 9.23. The standard InChI is InChI=1S/C16H37NO3Si/c1-8-19-15(5)17(16(6)20-9-2)13-12-14-21(10-3,11-4)18-7/h15-16H,8-14H2,1-7H3. The maximum Gasteiger partial charge on any atom is 0.191 e. The van der Waals surface area contributed by atoms with Crippen molar-refractivity contribution in [2.75, 3.05) is 26.9 Å². The highest BCUT2D eigenvalue weighted by molar-refractivity contribution is 6.73. The Bertz CT molecular complexity index is 229. The third-order valence-electron chi connectivity index (χ3n) is 4.52. The summed E-state index contributed by atoms with van der Waals surface area (Å²) in [6.07, 6.45) is 1.34. The van der Waals surface area contributed by atoms with Crippen LogP contribution in [0.5, 0.6) is 0 Å². The molecule has 0 aliphatic heterocycles. The molecule has 0 N–H and O–H groups in total. The molecule has 0 fully saturated rings. The van der Waals surface area contributed by atoms with Crippen molar-refractivity contribution in [2.45, 2.75) is 78.6 Å². The molecule has 21 heavy (non-hydrogen) atoms. The minimum absolute atomic E-state index is 0.0958. The van der Waals surface area contributed by atoms with Gasteiger partial charge in [0.15, 0.2) is 8.32 Å². The number of hydrogen-bond acceptors (Lipinski definition) is 4. The highest BCUT2D eigenvalue weighted by atomic mass is 28.4. The molecule has 0 aliphatic carbocycles. The lowest BCUT2D eigenvalue weighted by Crippen LogP contribution is -2.44. The van der Waals surface area contributed by atoms with Crippen LogP contribution in [0.4, 0.5) is 0 Å². The molecule has 0 rings (SSSR count). The second kappa shape index (κ2) is 11.6. The van der Waals surface area contributed by atoms with Crippen LogP contribution in [0.3, 0.4) is 0 Å². The third kappa shape index (κ3) is 7.24. The van der Waals surface area contributed by atoms with Crippen molar-refractivity contribution in [1.29, 1.82) is 0 Å². The second-order valence-corrected chi connectivity index (χ2v) is 10.2. The average Bonchev–Trinajstić information content (AvgIpc) is 2.48. The summed E-state index contributed by atoms with van der Waals surface area (Å²) in [4.78, 5) is 2.31. The smallest absolute Gasteiger partial charge is 0.191 e. The zero-order chi connectivity index (χ0) is 16.3. The van der Waals surface area contributed by atoms with Crippen molar-refractivity contribution in [3.8, 4) is 0 Å². The van der Waals surface area contributed by atoms with Gasteiger partial charge in [-0.15, -0.1) is 0 Å². The van der Waals surface area contributed by atoms with Gasteiger partial charge >= 0.3 is 0 Å². The fourth-order valence-corrected chi connectivity index (χ4v) is 5.70. The van der Waals surface area contributed by atoms with E-state index in [-0.39, 0.29) is 12.5 Å². The van der Waals surface area contributed by atoms with Gasteiger partial charge in [0.2, 0.25) is 0 Å². The Balaban J connectivity index is 4.53. The Kier molecular flexibility index (Phi) is 11.6. The fourth-order valence-electron chi connectivity index (χ4n) is 2.91. The predicted octanol–water partition coefficient (Wildman–Crippen LogP) is 4.08. The monoisotopic (exact) mass is 319 g/mol. The summed E-state index contributed by atoms with van der Waals surface area (Å²) in [6.45, 7) is 15.3. The van der Waals surface area contributed by atoms with E-state index in [4.69, 9.17) is 13.9 Å². The summed E-state index contributed by atoms with van der Waals surface area (Å²) >= 11 is 0. The van der Waals surface area contributed by atoms with Crippen molar-refractivity contribution < 1.29 is 13.9 Å². The van der Waals surface area contributed by atoms with Crippen LogP contribution in [-0.4, -0.2) is 52.5 Å². The van der Waals surface area contributed by atoms with E-state index < -0.39 is 8.32 Å². The van der Waals surface area contributed by atoms with Gasteiger partial charge in [0.1, 0.15) is 12.5 Å². The molecule has 0 aromatic heterocycles. The normalized spacial score (nSPS) is 15.4. The number of hydrogen-bond donors (Lipinski definition) is 0. The van der Waals surface area contributed by atoms with E-state index in [1.165, 1.54) is 18.1 Å². The van der Waals surface area contributed by atoms with Crippen LogP contribution in [-0.2, 0) is 13.9 Å². The molecular formula is C16H37NO3Si. The Morgan fingerprint density at radius 3 is 1.71 bits per heavy atom. The molecule has 128 valence electrons. The lowest BCUT2D eigenvalue weighted by atomic mass is 10.3. The molecular weight excluding hydrogens is 282 g/mol. The topological polar surface area (TPSA) is 30.9 Å². The second-order valence-electron chi connectivity index (χ2n) is 5.54. The predicted molar refractivity (Wildman–Crippen MR) is 92.0 cm³/mol. The summed E-state index contributed by atoms with van der Waals surface area (Å²) in [5, 5.41) is 0. The Labute approximate surface area is 133 Å². The highest BCUT2D eigenvalue weighted by Gasteiger charge is 2.30. The van der Waals surface area contributed by atoms with E-state index in [2.05, 4.69) is 32.6 Å². The largest absolute Gasteiger partial charge is 0.420 e. The molecule has 0 aromatic rings. The summed E-state index contributed by atoms with van der Waals surface area (Å²) in [7, 11) is 0.392. The molecule has 0 saturated carbocycles. The Morgan fingerprint density at radius 1 is 0.905 bits per heavy atom. The van der Waals surface area contributed by atoms with Crippen molar-refractivity contribution in [3.63, 3.8) is 0 Å². The van der Waals surface area contributed by atoms with Gasteiger partial charge in [-0.1, -0.05) is 13.8 Å². The first-order valence-corrected chi connectivity index (χ1v) is 11.1. The molecule has 0 heterocycles. The van der Waals surface area contributed by atoms with E-state index in [0.717, 1.165) is 26.2 Å². The van der Waals surface area contributed by atoms with Gasteiger partial charge in [0, 0.05) is 26.9 Å². The molecule has 0 aromatic carbocycles. The van der Waals surface area contributed by atoms with Gasteiger partial charge in [-0.3, -0.25) is 4.90 Å². The Morgan fingerprint density at radius 2 is 1.38 bits per heavy atom. The maximum atomic E-state index is 5.89. The molecule has 2 atom stereocenters. The van der Waals surface area contributed by atoms with Crippen LogP contribution in [0.2, 0.25) is 18.1 Å². The van der Waals surface area contributed by atoms with E-state index in [0.29, 0.717) is 0 Å². The quantitative estimate of drug-likeness (QED) is 0.378. The molecule has 4 nitrogen and oxygen atoms in total. The lowest BCUT2D eigenvalue weighted by Gasteiger charge is -2.35. The van der Waals surface area contributed by atoms with Gasteiger partial charge in [-0.05, 0) is 52.2 Å². The average molecular weight is 320 g/mol. The SMILES string of the molecule is CCOC(C)N(CCC[Si](CC)(CC)OC)C(C)OCC. The van der Waals surface area contributed by atoms with E-state index >= 15 is 0 Å². The van der Waals surface area contributed by atoms with Crippen LogP contribution >= 0.6 is 0 Å². The molecule has 0 amide bonds. The molecule has 2 unspecified atom stereocenters. The minimum Gasteiger partial charge on any atom is -0.420 e. The molecule has 0 aliphatic rings. The van der Waals surface area contributed by atoms with Crippen LogP contribution in [0.15, 0.2) is 0 Å². The summed E-state index contributed by atoms with van der Waals surface area (Å²) in [5.41, 5.74) is 0. The lowest BCUT2D eigenvalue weighted by molar-refractivity contribution is -0.136. The van der Waals surface area contributed by atoms with E-state index in [1.807, 2.05) is 21.0 Å². The number of nitrogens with zero attached hydrogens (tertiary/aromatic N) is 1. The van der Waals surface area contributed by atoms with E-state index in [9.17, 15) is 0 Å². The first kappa shape index (κ1) is 21.1. The molecule has 0 radical (unpaired) electrons. The number of ether oxygens (including phenoxy) is 2. The number of rotatable bonds is 13. The molecule has 5 heteroatoms. The maximum absolute atomic E-state index is 5.89. The zero-order valence-electron chi connectivity index (χ0n) is 15.3.